The first kappa shape index (κ1) is 11.3. The molecule has 1 amide bonds. The molecule has 1 fully saturated rings. The molecule has 0 aromatic carbocycles. The molecule has 0 saturated heterocycles. The molecule has 1 N–H and O–H groups in total. The Morgan fingerprint density at radius 1 is 1.59 bits per heavy atom. The quantitative estimate of drug-likeness (QED) is 0.619. The van der Waals surface area contributed by atoms with Gasteiger partial charge in [-0.25, -0.2) is 0 Å². The minimum absolute atomic E-state index is 0.00634. The zero-order valence-corrected chi connectivity index (χ0v) is 9.17. The lowest BCUT2D eigenvalue weighted by molar-refractivity contribution is -0.386. The molecule has 2 rings (SSSR count). The van der Waals surface area contributed by atoms with E-state index in [9.17, 15) is 14.9 Å². The number of nitrogens with zero attached hydrogens (tertiary/aromatic N) is 2. The van der Waals surface area contributed by atoms with Crippen molar-refractivity contribution in [3.63, 3.8) is 0 Å². The highest BCUT2D eigenvalue weighted by molar-refractivity contribution is 5.97. The lowest BCUT2D eigenvalue weighted by Gasteiger charge is -2.09. The van der Waals surface area contributed by atoms with Crippen LogP contribution >= 0.6 is 0 Å². The molecule has 1 heterocycles. The summed E-state index contributed by atoms with van der Waals surface area (Å²) in [5.74, 6) is -0.441. The molecule has 0 atom stereocenters. The average Bonchev–Trinajstić information content (AvgIpc) is 3.12. The molecule has 1 aromatic rings. The number of pyridine rings is 1. The van der Waals surface area contributed by atoms with Crippen LogP contribution in [0.3, 0.4) is 0 Å². The van der Waals surface area contributed by atoms with Crippen molar-refractivity contribution in [1.29, 1.82) is 0 Å². The van der Waals surface area contributed by atoms with E-state index in [-0.39, 0.29) is 23.1 Å². The Labute approximate surface area is 96.9 Å². The molecule has 1 aliphatic rings. The van der Waals surface area contributed by atoms with Crippen molar-refractivity contribution in [3.8, 4) is 5.75 Å². The number of nitro groups is 1. The fourth-order valence-corrected chi connectivity index (χ4v) is 1.34. The van der Waals surface area contributed by atoms with Gasteiger partial charge in [0.25, 0.3) is 5.91 Å². The van der Waals surface area contributed by atoms with Crippen LogP contribution in [0.15, 0.2) is 12.4 Å². The minimum Gasteiger partial charge on any atom is -0.483 e. The van der Waals surface area contributed by atoms with Crippen molar-refractivity contribution >= 4 is 11.6 Å². The Morgan fingerprint density at radius 3 is 2.82 bits per heavy atom. The molecule has 90 valence electrons. The third kappa shape index (κ3) is 2.32. The molecule has 1 saturated carbocycles. The molecule has 7 nitrogen and oxygen atoms in total. The highest BCUT2D eigenvalue weighted by atomic mass is 16.6. The fourth-order valence-electron chi connectivity index (χ4n) is 1.34. The molecular formula is C10H11N3O4. The van der Waals surface area contributed by atoms with Crippen molar-refractivity contribution in [3.05, 3.63) is 28.1 Å². The lowest BCUT2D eigenvalue weighted by atomic mass is 10.2. The SMILES string of the molecule is CNC(=O)c1cncc([N+](=O)[O-])c1OC1CC1. The molecule has 1 aliphatic carbocycles. The first-order valence-electron chi connectivity index (χ1n) is 5.14. The number of hydrogen-bond acceptors (Lipinski definition) is 5. The molecular weight excluding hydrogens is 226 g/mol. The van der Waals surface area contributed by atoms with Crippen molar-refractivity contribution < 1.29 is 14.5 Å². The Morgan fingerprint density at radius 2 is 2.29 bits per heavy atom. The van der Waals surface area contributed by atoms with Crippen LogP contribution in [0.1, 0.15) is 23.2 Å². The van der Waals surface area contributed by atoms with Crippen LogP contribution < -0.4 is 10.1 Å². The van der Waals surface area contributed by atoms with Gasteiger partial charge in [0.1, 0.15) is 11.8 Å². The van der Waals surface area contributed by atoms with Crippen molar-refractivity contribution in [2.24, 2.45) is 0 Å². The number of carbonyl (C=O) groups excluding carboxylic acids is 1. The predicted octanol–water partition coefficient (Wildman–Crippen LogP) is 0.891. The Bertz CT molecular complexity index is 471. The first-order valence-corrected chi connectivity index (χ1v) is 5.14. The summed E-state index contributed by atoms with van der Waals surface area (Å²) in [6.07, 6.45) is 4.03. The Kier molecular flexibility index (Phi) is 2.90. The largest absolute Gasteiger partial charge is 0.483 e. The zero-order valence-electron chi connectivity index (χ0n) is 9.17. The summed E-state index contributed by atoms with van der Waals surface area (Å²) < 4.78 is 5.43. The van der Waals surface area contributed by atoms with Crippen LogP contribution in [0.4, 0.5) is 5.69 Å². The van der Waals surface area contributed by atoms with Gasteiger partial charge in [-0.1, -0.05) is 0 Å². The van der Waals surface area contributed by atoms with Gasteiger partial charge in [0.05, 0.1) is 11.0 Å². The molecule has 0 bridgehead atoms. The maximum absolute atomic E-state index is 11.6. The van der Waals surface area contributed by atoms with E-state index in [0.717, 1.165) is 19.0 Å². The highest BCUT2D eigenvalue weighted by Gasteiger charge is 2.31. The maximum Gasteiger partial charge on any atom is 0.329 e. The van der Waals surface area contributed by atoms with Gasteiger partial charge in [0.2, 0.25) is 5.75 Å². The molecule has 0 radical (unpaired) electrons. The van der Waals surface area contributed by atoms with Gasteiger partial charge < -0.3 is 10.1 Å². The number of hydrogen-bond donors (Lipinski definition) is 1. The standard InChI is InChI=1S/C10H11N3O4/c1-11-10(14)7-4-12-5-8(13(15)16)9(7)17-6-2-3-6/h4-6H,2-3H2,1H3,(H,11,14). The van der Waals surface area contributed by atoms with Crippen LogP contribution in [0.2, 0.25) is 0 Å². The average molecular weight is 237 g/mol. The van der Waals surface area contributed by atoms with E-state index in [1.165, 1.54) is 13.2 Å². The normalized spacial score (nSPS) is 14.2. The smallest absolute Gasteiger partial charge is 0.329 e. The monoisotopic (exact) mass is 237 g/mol. The van der Waals surface area contributed by atoms with E-state index >= 15 is 0 Å². The van der Waals surface area contributed by atoms with Crippen LogP contribution in [0, 0.1) is 10.1 Å². The van der Waals surface area contributed by atoms with E-state index in [0.29, 0.717) is 0 Å². The third-order valence-corrected chi connectivity index (χ3v) is 2.35. The number of amides is 1. The van der Waals surface area contributed by atoms with Gasteiger partial charge in [-0.3, -0.25) is 19.9 Å². The molecule has 0 spiro atoms. The van der Waals surface area contributed by atoms with E-state index in [4.69, 9.17) is 4.74 Å². The van der Waals surface area contributed by atoms with Crippen LogP contribution in [0.5, 0.6) is 5.75 Å². The number of aromatic nitrogens is 1. The van der Waals surface area contributed by atoms with E-state index < -0.39 is 10.8 Å². The Balaban J connectivity index is 2.45. The summed E-state index contributed by atoms with van der Waals surface area (Å²) in [4.78, 5) is 25.5. The van der Waals surface area contributed by atoms with Gasteiger partial charge >= 0.3 is 5.69 Å². The second-order valence-corrected chi connectivity index (χ2v) is 3.69. The van der Waals surface area contributed by atoms with E-state index in [1.54, 1.807) is 0 Å². The van der Waals surface area contributed by atoms with Crippen LogP contribution in [0.25, 0.3) is 0 Å². The Hall–Kier alpha value is -2.18. The van der Waals surface area contributed by atoms with Crippen molar-refractivity contribution in [2.75, 3.05) is 7.05 Å². The summed E-state index contributed by atoms with van der Waals surface area (Å²) in [5.41, 5.74) is -0.188. The summed E-state index contributed by atoms with van der Waals surface area (Å²) in [6, 6.07) is 0. The topological polar surface area (TPSA) is 94.4 Å². The predicted molar refractivity (Wildman–Crippen MR) is 57.9 cm³/mol. The summed E-state index contributed by atoms with van der Waals surface area (Å²) in [6.45, 7) is 0. The number of nitrogens with one attached hydrogen (secondary N) is 1. The number of ether oxygens (including phenoxy) is 1. The van der Waals surface area contributed by atoms with Gasteiger partial charge in [-0.05, 0) is 12.8 Å². The molecule has 0 unspecified atom stereocenters. The molecule has 7 heteroatoms. The zero-order chi connectivity index (χ0) is 12.4. The van der Waals surface area contributed by atoms with E-state index in [1.807, 2.05) is 0 Å². The van der Waals surface area contributed by atoms with Crippen LogP contribution in [-0.2, 0) is 0 Å². The highest BCUT2D eigenvalue weighted by Crippen LogP contribution is 2.35. The minimum atomic E-state index is -0.600. The number of rotatable bonds is 4. The third-order valence-electron chi connectivity index (χ3n) is 2.35. The van der Waals surface area contributed by atoms with Crippen molar-refractivity contribution in [2.45, 2.75) is 18.9 Å². The van der Waals surface area contributed by atoms with Crippen LogP contribution in [-0.4, -0.2) is 29.0 Å². The molecule has 17 heavy (non-hydrogen) atoms. The maximum atomic E-state index is 11.6. The fraction of sp³-hybridized carbons (Fsp3) is 0.400. The molecule has 1 aromatic heterocycles. The van der Waals surface area contributed by atoms with Gasteiger partial charge in [-0.2, -0.15) is 0 Å². The summed E-state index contributed by atoms with van der Waals surface area (Å²) in [7, 11) is 1.45. The van der Waals surface area contributed by atoms with E-state index in [2.05, 4.69) is 10.3 Å². The van der Waals surface area contributed by atoms with Gasteiger partial charge in [0, 0.05) is 13.2 Å². The second-order valence-electron chi connectivity index (χ2n) is 3.69. The number of carbonyl (C=O) groups is 1. The lowest BCUT2D eigenvalue weighted by Crippen LogP contribution is -2.20. The first-order chi connectivity index (χ1) is 8.13. The summed E-state index contributed by atoms with van der Waals surface area (Å²) in [5, 5.41) is 13.2. The van der Waals surface area contributed by atoms with Crippen molar-refractivity contribution in [1.82, 2.24) is 10.3 Å². The molecule has 0 aliphatic heterocycles. The summed E-state index contributed by atoms with van der Waals surface area (Å²) >= 11 is 0. The van der Waals surface area contributed by atoms with Gasteiger partial charge in [-0.15, -0.1) is 0 Å². The second kappa shape index (κ2) is 4.36. The van der Waals surface area contributed by atoms with Gasteiger partial charge in [0.15, 0.2) is 0 Å².